The number of hydrogen-bond donors (Lipinski definition) is 4. The molecule has 9 nitrogen and oxygen atoms in total. The monoisotopic (exact) mass is 799 g/mol. The van der Waals surface area contributed by atoms with Crippen molar-refractivity contribution in [2.75, 3.05) is 26.4 Å². The van der Waals surface area contributed by atoms with Crippen LogP contribution < -0.4 is 0 Å². The first-order chi connectivity index (χ1) is 27.4. The molecule has 1 aliphatic heterocycles. The number of hydrogen-bond acceptors (Lipinski definition) is 9. The molecule has 1 fully saturated rings. The zero-order valence-corrected chi connectivity index (χ0v) is 36.4. The van der Waals surface area contributed by atoms with Crippen molar-refractivity contribution >= 4 is 5.97 Å². The van der Waals surface area contributed by atoms with Gasteiger partial charge in [-0.05, 0) is 38.5 Å². The van der Waals surface area contributed by atoms with Crippen molar-refractivity contribution < 1.29 is 44.2 Å². The minimum absolute atomic E-state index is 0.110. The zero-order chi connectivity index (χ0) is 40.7. The lowest BCUT2D eigenvalue weighted by Crippen LogP contribution is -2.59. The minimum Gasteiger partial charge on any atom is -0.457 e. The van der Waals surface area contributed by atoms with Gasteiger partial charge in [0.1, 0.15) is 30.5 Å². The molecule has 0 saturated carbocycles. The molecule has 0 aromatic carbocycles. The third kappa shape index (κ3) is 30.0. The van der Waals surface area contributed by atoms with Gasteiger partial charge in [0.05, 0.1) is 19.8 Å². The molecule has 4 N–H and O–H groups in total. The molecule has 0 aliphatic carbocycles. The molecule has 0 aromatic heterocycles. The van der Waals surface area contributed by atoms with Crippen LogP contribution in [0.4, 0.5) is 0 Å². The molecule has 1 heterocycles. The van der Waals surface area contributed by atoms with Crippen molar-refractivity contribution in [3.63, 3.8) is 0 Å². The molecule has 1 saturated heterocycles. The summed E-state index contributed by atoms with van der Waals surface area (Å²) in [7, 11) is 0. The Kier molecular flexibility index (Phi) is 37.2. The Hall–Kier alpha value is -1.07. The lowest BCUT2D eigenvalue weighted by atomic mass is 9.99. The number of esters is 1. The number of aliphatic hydroxyl groups is 4. The molecule has 1 rings (SSSR count). The van der Waals surface area contributed by atoms with E-state index in [2.05, 4.69) is 26.0 Å². The Bertz CT molecular complexity index is 869. The second kappa shape index (κ2) is 39.4. The summed E-state index contributed by atoms with van der Waals surface area (Å²) < 4.78 is 22.8. The van der Waals surface area contributed by atoms with Gasteiger partial charge in [0.2, 0.25) is 0 Å². The fourth-order valence-electron chi connectivity index (χ4n) is 7.43. The van der Waals surface area contributed by atoms with Crippen molar-refractivity contribution in [1.82, 2.24) is 0 Å². The summed E-state index contributed by atoms with van der Waals surface area (Å²) in [6.45, 7) is 4.58. The maximum atomic E-state index is 12.8. The van der Waals surface area contributed by atoms with Crippen molar-refractivity contribution in [3.05, 3.63) is 12.2 Å². The lowest BCUT2D eigenvalue weighted by Gasteiger charge is -2.39. The molecule has 0 aromatic rings. The highest BCUT2D eigenvalue weighted by atomic mass is 16.7. The van der Waals surface area contributed by atoms with Gasteiger partial charge < -0.3 is 39.4 Å². The molecule has 6 atom stereocenters. The summed E-state index contributed by atoms with van der Waals surface area (Å²) in [5, 5.41) is 40.1. The van der Waals surface area contributed by atoms with Crippen LogP contribution in [-0.2, 0) is 23.7 Å². The van der Waals surface area contributed by atoms with Gasteiger partial charge in [0, 0.05) is 13.0 Å². The maximum absolute atomic E-state index is 12.8. The first-order valence-electron chi connectivity index (χ1n) is 23.8. The van der Waals surface area contributed by atoms with Crippen LogP contribution >= 0.6 is 0 Å². The third-order valence-electron chi connectivity index (χ3n) is 11.2. The van der Waals surface area contributed by atoms with Crippen LogP contribution in [0.15, 0.2) is 12.2 Å². The van der Waals surface area contributed by atoms with Gasteiger partial charge in [-0.15, -0.1) is 0 Å². The summed E-state index contributed by atoms with van der Waals surface area (Å²) in [4.78, 5) is 12.8. The van der Waals surface area contributed by atoms with Gasteiger partial charge in [-0.1, -0.05) is 187 Å². The summed E-state index contributed by atoms with van der Waals surface area (Å²) in [5.41, 5.74) is 0. The van der Waals surface area contributed by atoms with Gasteiger partial charge in [0.15, 0.2) is 6.29 Å². The second-order valence-electron chi connectivity index (χ2n) is 16.6. The second-order valence-corrected chi connectivity index (χ2v) is 16.6. The topological polar surface area (TPSA) is 135 Å². The van der Waals surface area contributed by atoms with Gasteiger partial charge in [-0.3, -0.25) is 4.79 Å². The van der Waals surface area contributed by atoms with E-state index in [9.17, 15) is 25.2 Å². The number of rotatable bonds is 41. The molecule has 0 radical (unpaired) electrons. The summed E-state index contributed by atoms with van der Waals surface area (Å²) in [5.74, 6) is -0.311. The van der Waals surface area contributed by atoms with Crippen LogP contribution in [-0.4, -0.2) is 89.6 Å². The van der Waals surface area contributed by atoms with Crippen molar-refractivity contribution in [2.45, 2.75) is 256 Å². The number of unbranched alkanes of at least 4 members (excludes halogenated alkanes) is 28. The summed E-state index contributed by atoms with van der Waals surface area (Å²) in [6.07, 6.45) is 36.6. The van der Waals surface area contributed by atoms with Crippen LogP contribution in [0.25, 0.3) is 0 Å². The Morgan fingerprint density at radius 1 is 0.554 bits per heavy atom. The zero-order valence-electron chi connectivity index (χ0n) is 36.4. The van der Waals surface area contributed by atoms with Crippen molar-refractivity contribution in [1.29, 1.82) is 0 Å². The molecular formula is C47H90O9. The van der Waals surface area contributed by atoms with Crippen molar-refractivity contribution in [3.8, 4) is 0 Å². The van der Waals surface area contributed by atoms with E-state index >= 15 is 0 Å². The number of aliphatic hydroxyl groups excluding tert-OH is 4. The SMILES string of the molecule is CCCCCCCC/C=C\CCCCCCCCOCC(COC1OC(CO)C(O)C(O)C1O)OC(=O)CCCCCCCCCCCCCCCCCCC. The quantitative estimate of drug-likeness (QED) is 0.0271. The largest absolute Gasteiger partial charge is 0.457 e. The van der Waals surface area contributed by atoms with E-state index in [1.165, 1.54) is 167 Å². The van der Waals surface area contributed by atoms with E-state index in [0.29, 0.717) is 13.0 Å². The van der Waals surface area contributed by atoms with E-state index in [1.807, 2.05) is 0 Å². The number of allylic oxidation sites excluding steroid dienone is 2. The Balaban J connectivity index is 2.23. The smallest absolute Gasteiger partial charge is 0.306 e. The minimum atomic E-state index is -1.53. The Labute approximate surface area is 344 Å². The molecule has 1 aliphatic rings. The van der Waals surface area contributed by atoms with Gasteiger partial charge in [0.25, 0.3) is 0 Å². The van der Waals surface area contributed by atoms with Gasteiger partial charge in [-0.25, -0.2) is 0 Å². The van der Waals surface area contributed by atoms with Crippen LogP contribution in [0.3, 0.4) is 0 Å². The molecule has 0 spiro atoms. The fraction of sp³-hybridized carbons (Fsp3) is 0.936. The molecule has 0 amide bonds. The standard InChI is InChI=1S/C47H90O9/c1-3-5-7-9-11-13-15-17-19-21-22-24-26-28-30-32-34-36-43(49)55-41(40-54-47-46(52)45(51)44(50)42(38-48)56-47)39-53-37-35-33-31-29-27-25-23-20-18-16-14-12-10-8-6-4-2/h18,20,41-42,44-48,50-52H,3-17,19,21-40H2,1-2H3/b20-18-. The number of ether oxygens (including phenoxy) is 4. The first kappa shape index (κ1) is 52.9. The Morgan fingerprint density at radius 3 is 1.45 bits per heavy atom. The summed E-state index contributed by atoms with van der Waals surface area (Å²) in [6, 6.07) is 0. The normalized spacial score (nSPS) is 20.6. The van der Waals surface area contributed by atoms with Gasteiger partial charge >= 0.3 is 5.97 Å². The van der Waals surface area contributed by atoms with Crippen LogP contribution in [0.1, 0.15) is 219 Å². The number of carbonyl (C=O) groups excluding carboxylic acids is 1. The molecular weight excluding hydrogens is 709 g/mol. The van der Waals surface area contributed by atoms with E-state index in [-0.39, 0.29) is 19.2 Å². The van der Waals surface area contributed by atoms with E-state index in [4.69, 9.17) is 18.9 Å². The Morgan fingerprint density at radius 2 is 0.982 bits per heavy atom. The highest BCUT2D eigenvalue weighted by Gasteiger charge is 2.44. The average molecular weight is 799 g/mol. The highest BCUT2D eigenvalue weighted by molar-refractivity contribution is 5.69. The predicted molar refractivity (Wildman–Crippen MR) is 229 cm³/mol. The first-order valence-corrected chi connectivity index (χ1v) is 23.8. The molecule has 56 heavy (non-hydrogen) atoms. The van der Waals surface area contributed by atoms with Gasteiger partial charge in [-0.2, -0.15) is 0 Å². The molecule has 0 bridgehead atoms. The average Bonchev–Trinajstić information content (AvgIpc) is 3.20. The molecule has 6 unspecified atom stereocenters. The van der Waals surface area contributed by atoms with Crippen LogP contribution in [0.2, 0.25) is 0 Å². The highest BCUT2D eigenvalue weighted by Crippen LogP contribution is 2.23. The fourth-order valence-corrected chi connectivity index (χ4v) is 7.43. The maximum Gasteiger partial charge on any atom is 0.306 e. The van der Waals surface area contributed by atoms with Crippen LogP contribution in [0.5, 0.6) is 0 Å². The lowest BCUT2D eigenvalue weighted by molar-refractivity contribution is -0.305. The number of carbonyl (C=O) groups is 1. The van der Waals surface area contributed by atoms with Crippen LogP contribution in [0, 0.1) is 0 Å². The molecule has 9 heteroatoms. The van der Waals surface area contributed by atoms with E-state index < -0.39 is 43.4 Å². The van der Waals surface area contributed by atoms with E-state index in [0.717, 1.165) is 32.1 Å². The third-order valence-corrected chi connectivity index (χ3v) is 11.2. The summed E-state index contributed by atoms with van der Waals surface area (Å²) >= 11 is 0. The van der Waals surface area contributed by atoms with Crippen molar-refractivity contribution in [2.24, 2.45) is 0 Å². The molecule has 332 valence electrons. The predicted octanol–water partition coefficient (Wildman–Crippen LogP) is 10.8. The van der Waals surface area contributed by atoms with E-state index in [1.54, 1.807) is 0 Å².